The fourth-order valence-electron chi connectivity index (χ4n) is 3.90. The van der Waals surface area contributed by atoms with Crippen LogP contribution in [0.25, 0.3) is 0 Å². The van der Waals surface area contributed by atoms with Gasteiger partial charge in [-0.2, -0.15) is 0 Å². The van der Waals surface area contributed by atoms with Crippen LogP contribution in [-0.2, 0) is 24.2 Å². The molecular weight excluding hydrogens is 416 g/mol. The first-order valence-corrected chi connectivity index (χ1v) is 11.1. The van der Waals surface area contributed by atoms with Gasteiger partial charge in [0.2, 0.25) is 0 Å². The van der Waals surface area contributed by atoms with Crippen LogP contribution in [0.3, 0.4) is 0 Å². The van der Waals surface area contributed by atoms with E-state index in [1.54, 1.807) is 11.2 Å². The van der Waals surface area contributed by atoms with Gasteiger partial charge in [0.1, 0.15) is 5.60 Å². The summed E-state index contributed by atoms with van der Waals surface area (Å²) in [6.45, 7) is 9.34. The summed E-state index contributed by atoms with van der Waals surface area (Å²) in [6, 6.07) is 13.9. The Morgan fingerprint density at radius 1 is 1.12 bits per heavy atom. The Morgan fingerprint density at radius 2 is 1.94 bits per heavy atom. The topological polar surface area (TPSA) is 76.5 Å². The summed E-state index contributed by atoms with van der Waals surface area (Å²) in [5.41, 5.74) is 4.49. The van der Waals surface area contributed by atoms with Gasteiger partial charge in [-0.05, 0) is 62.9 Å². The molecule has 0 radical (unpaired) electrons. The molecule has 4 rings (SSSR count). The Balaban J connectivity index is 1.41. The Labute approximate surface area is 194 Å². The molecule has 0 bridgehead atoms. The zero-order chi connectivity index (χ0) is 23.6. The number of amides is 2. The number of fused-ring (bicyclic) bond motifs is 1. The second kappa shape index (κ2) is 9.10. The van der Waals surface area contributed by atoms with Crippen molar-refractivity contribution in [2.45, 2.75) is 52.8 Å². The molecule has 1 aliphatic heterocycles. The van der Waals surface area contributed by atoms with E-state index in [-0.39, 0.29) is 12.0 Å². The first-order valence-electron chi connectivity index (χ1n) is 11.1. The van der Waals surface area contributed by atoms with Gasteiger partial charge in [-0.15, -0.1) is 0 Å². The van der Waals surface area contributed by atoms with Crippen LogP contribution in [0, 0.1) is 6.92 Å². The molecule has 0 aliphatic carbocycles. The lowest BCUT2D eigenvalue weighted by atomic mass is 9.97. The van der Waals surface area contributed by atoms with Gasteiger partial charge in [-0.1, -0.05) is 35.9 Å². The van der Waals surface area contributed by atoms with Gasteiger partial charge in [0.25, 0.3) is 5.91 Å². The van der Waals surface area contributed by atoms with Crippen molar-refractivity contribution < 1.29 is 14.3 Å². The van der Waals surface area contributed by atoms with Crippen molar-refractivity contribution >= 4 is 17.8 Å². The molecule has 1 aliphatic rings. The minimum atomic E-state index is -0.540. The molecule has 3 aromatic rings. The Bertz CT molecular complexity index is 1180. The number of nitrogens with one attached hydrogen (secondary N) is 1. The van der Waals surface area contributed by atoms with Crippen molar-refractivity contribution in [3.8, 4) is 0 Å². The highest BCUT2D eigenvalue weighted by Crippen LogP contribution is 2.23. The number of hydrogen-bond acceptors (Lipinski definition) is 4. The van der Waals surface area contributed by atoms with Crippen LogP contribution < -0.4 is 5.32 Å². The predicted octanol–water partition coefficient (Wildman–Crippen LogP) is 4.79. The van der Waals surface area contributed by atoms with Crippen molar-refractivity contribution in [3.63, 3.8) is 0 Å². The minimum absolute atomic E-state index is 0.229. The molecule has 0 saturated carbocycles. The number of carbonyl (C=O) groups is 2. The van der Waals surface area contributed by atoms with Crippen molar-refractivity contribution in [3.05, 3.63) is 82.8 Å². The number of carbonyl (C=O) groups excluding carboxylic acids is 2. The molecule has 0 spiro atoms. The van der Waals surface area contributed by atoms with Gasteiger partial charge in [-0.25, -0.2) is 9.78 Å². The normalized spacial score (nSPS) is 13.4. The minimum Gasteiger partial charge on any atom is -0.444 e. The lowest BCUT2D eigenvalue weighted by Gasteiger charge is -2.31. The first-order chi connectivity index (χ1) is 15.7. The number of hydrogen-bond donors (Lipinski definition) is 1. The lowest BCUT2D eigenvalue weighted by molar-refractivity contribution is 0.0224. The van der Waals surface area contributed by atoms with Crippen molar-refractivity contribution in [1.82, 2.24) is 14.5 Å². The van der Waals surface area contributed by atoms with Gasteiger partial charge in [-0.3, -0.25) is 4.79 Å². The van der Waals surface area contributed by atoms with E-state index in [4.69, 9.17) is 4.74 Å². The maximum absolute atomic E-state index is 12.8. The molecule has 1 N–H and O–H groups in total. The summed E-state index contributed by atoms with van der Waals surface area (Å²) in [5.74, 6) is 0.272. The summed E-state index contributed by atoms with van der Waals surface area (Å²) < 4.78 is 7.44. The van der Waals surface area contributed by atoms with Gasteiger partial charge in [0, 0.05) is 31.4 Å². The molecule has 7 heteroatoms. The van der Waals surface area contributed by atoms with E-state index in [1.165, 1.54) is 11.1 Å². The molecule has 1 aromatic heterocycles. The largest absolute Gasteiger partial charge is 0.444 e. The highest BCUT2D eigenvalue weighted by Gasteiger charge is 2.26. The summed E-state index contributed by atoms with van der Waals surface area (Å²) in [5, 5.41) is 2.87. The van der Waals surface area contributed by atoms with Crippen LogP contribution in [0.5, 0.6) is 0 Å². The first kappa shape index (κ1) is 22.6. The van der Waals surface area contributed by atoms with Gasteiger partial charge < -0.3 is 19.5 Å². The molecule has 33 heavy (non-hydrogen) atoms. The average molecular weight is 447 g/mol. The van der Waals surface area contributed by atoms with Crippen molar-refractivity contribution in [2.24, 2.45) is 0 Å². The Hall–Kier alpha value is -3.61. The quantitative estimate of drug-likeness (QED) is 0.625. The fourth-order valence-corrected chi connectivity index (χ4v) is 3.90. The Kier molecular flexibility index (Phi) is 6.22. The summed E-state index contributed by atoms with van der Waals surface area (Å²) in [6.07, 6.45) is 3.94. The molecule has 172 valence electrons. The number of anilines is 1. The summed E-state index contributed by atoms with van der Waals surface area (Å²) in [4.78, 5) is 31.3. The second-order valence-corrected chi connectivity index (χ2v) is 9.51. The number of nitrogens with zero attached hydrogens (tertiary/aromatic N) is 3. The number of aromatic nitrogens is 2. The SMILES string of the molecule is Cc1cccc(Cn2cnc(NC(=O)c3ccc4c(c3)CN(C(=O)OC(C)(C)C)CC4)c2)c1. The molecule has 0 fully saturated rings. The van der Waals surface area contributed by atoms with E-state index in [0.29, 0.717) is 31.0 Å². The van der Waals surface area contributed by atoms with E-state index < -0.39 is 5.60 Å². The van der Waals surface area contributed by atoms with Crippen LogP contribution in [0.4, 0.5) is 10.6 Å². The third kappa shape index (κ3) is 5.80. The highest BCUT2D eigenvalue weighted by atomic mass is 16.6. The zero-order valence-electron chi connectivity index (χ0n) is 19.6. The summed E-state index contributed by atoms with van der Waals surface area (Å²) in [7, 11) is 0. The van der Waals surface area contributed by atoms with Crippen LogP contribution in [0.1, 0.15) is 53.4 Å². The predicted molar refractivity (Wildman–Crippen MR) is 127 cm³/mol. The monoisotopic (exact) mass is 446 g/mol. The molecule has 0 unspecified atom stereocenters. The van der Waals surface area contributed by atoms with Gasteiger partial charge >= 0.3 is 6.09 Å². The van der Waals surface area contributed by atoms with Crippen LogP contribution in [0.15, 0.2) is 55.0 Å². The van der Waals surface area contributed by atoms with E-state index in [0.717, 1.165) is 17.5 Å². The third-order valence-electron chi connectivity index (χ3n) is 5.45. The standard InChI is InChI=1S/C26H30N4O3/c1-18-6-5-7-19(12-18)14-29-16-23(27-17-29)28-24(31)21-9-8-20-10-11-30(15-22(20)13-21)25(32)33-26(2,3)4/h5-9,12-13,16-17H,10-11,14-15H2,1-4H3,(H,28,31). The second-order valence-electron chi connectivity index (χ2n) is 9.51. The number of benzene rings is 2. The maximum atomic E-state index is 12.8. The van der Waals surface area contributed by atoms with E-state index in [2.05, 4.69) is 35.4 Å². The molecule has 0 atom stereocenters. The van der Waals surface area contributed by atoms with Crippen molar-refractivity contribution in [2.75, 3.05) is 11.9 Å². The molecule has 2 heterocycles. The van der Waals surface area contributed by atoms with Gasteiger partial charge in [0.15, 0.2) is 5.82 Å². The Morgan fingerprint density at radius 3 is 2.70 bits per heavy atom. The smallest absolute Gasteiger partial charge is 0.410 e. The molecule has 2 amide bonds. The summed E-state index contributed by atoms with van der Waals surface area (Å²) >= 11 is 0. The van der Waals surface area contributed by atoms with E-state index in [1.807, 2.05) is 55.8 Å². The molecule has 7 nitrogen and oxygen atoms in total. The number of imidazole rings is 1. The number of ether oxygens (including phenoxy) is 1. The molecule has 2 aromatic carbocycles. The number of rotatable bonds is 4. The average Bonchev–Trinajstić information content (AvgIpc) is 3.18. The van der Waals surface area contributed by atoms with Crippen LogP contribution >= 0.6 is 0 Å². The van der Waals surface area contributed by atoms with Crippen LogP contribution in [0.2, 0.25) is 0 Å². The van der Waals surface area contributed by atoms with Crippen molar-refractivity contribution in [1.29, 1.82) is 0 Å². The van der Waals surface area contributed by atoms with Crippen LogP contribution in [-0.4, -0.2) is 38.6 Å². The maximum Gasteiger partial charge on any atom is 0.410 e. The van der Waals surface area contributed by atoms with E-state index >= 15 is 0 Å². The van der Waals surface area contributed by atoms with Gasteiger partial charge in [0.05, 0.1) is 6.33 Å². The zero-order valence-corrected chi connectivity index (χ0v) is 19.6. The molecule has 0 saturated heterocycles. The fraction of sp³-hybridized carbons (Fsp3) is 0.346. The third-order valence-corrected chi connectivity index (χ3v) is 5.45. The van der Waals surface area contributed by atoms with E-state index in [9.17, 15) is 9.59 Å². The lowest BCUT2D eigenvalue weighted by Crippen LogP contribution is -2.40. The number of aryl methyl sites for hydroxylation is 1. The highest BCUT2D eigenvalue weighted by molar-refractivity contribution is 6.03. The molecular formula is C26H30N4O3.